The summed E-state index contributed by atoms with van der Waals surface area (Å²) in [4.78, 5) is 12.2. The number of ether oxygens (including phenoxy) is 1. The molecule has 1 fully saturated rings. The number of ketones is 1. The van der Waals surface area contributed by atoms with Gasteiger partial charge >= 0.3 is 0 Å². The van der Waals surface area contributed by atoms with Crippen LogP contribution in [0.3, 0.4) is 0 Å². The van der Waals surface area contributed by atoms with E-state index >= 15 is 0 Å². The normalized spacial score (nSPS) is 20.1. The van der Waals surface area contributed by atoms with Gasteiger partial charge in [0.1, 0.15) is 5.92 Å². The molecule has 20 heavy (non-hydrogen) atoms. The Morgan fingerprint density at radius 2 is 2.15 bits per heavy atom. The zero-order valence-corrected chi connectivity index (χ0v) is 12.9. The Morgan fingerprint density at radius 3 is 2.75 bits per heavy atom. The lowest BCUT2D eigenvalue weighted by molar-refractivity contribution is -0.120. The van der Waals surface area contributed by atoms with Crippen LogP contribution in [-0.4, -0.2) is 18.5 Å². The Kier molecular flexibility index (Phi) is 5.75. The van der Waals surface area contributed by atoms with Crippen molar-refractivity contribution in [3.8, 4) is 6.07 Å². The van der Waals surface area contributed by atoms with Gasteiger partial charge in [-0.3, -0.25) is 4.79 Å². The van der Waals surface area contributed by atoms with Gasteiger partial charge in [0.25, 0.3) is 0 Å². The first-order chi connectivity index (χ1) is 9.70. The zero-order chi connectivity index (χ0) is 14.4. The summed E-state index contributed by atoms with van der Waals surface area (Å²) < 4.78 is 6.57. The number of hydrogen-bond acceptors (Lipinski definition) is 3. The molecule has 0 bridgehead atoms. The van der Waals surface area contributed by atoms with Gasteiger partial charge in [-0.2, -0.15) is 5.26 Å². The van der Waals surface area contributed by atoms with E-state index in [1.165, 1.54) is 6.42 Å². The van der Waals surface area contributed by atoms with Crippen molar-refractivity contribution in [2.45, 2.75) is 44.1 Å². The summed E-state index contributed by atoms with van der Waals surface area (Å²) in [5, 5.41) is 9.24. The molecule has 4 heteroatoms. The zero-order valence-electron chi connectivity index (χ0n) is 11.3. The van der Waals surface area contributed by atoms with E-state index in [1.807, 2.05) is 24.3 Å². The van der Waals surface area contributed by atoms with Crippen LogP contribution in [0.25, 0.3) is 0 Å². The van der Waals surface area contributed by atoms with Crippen LogP contribution in [0, 0.1) is 11.3 Å². The lowest BCUT2D eigenvalue weighted by atomic mass is 9.92. The molecule has 1 aliphatic heterocycles. The third kappa shape index (κ3) is 4.16. The SMILES string of the molecule is N#CC(C(=O)CCC1CCCCO1)c1ccc(Br)cc1. The Labute approximate surface area is 128 Å². The fourth-order valence-electron chi connectivity index (χ4n) is 2.47. The summed E-state index contributed by atoms with van der Waals surface area (Å²) in [6.45, 7) is 0.799. The number of benzene rings is 1. The van der Waals surface area contributed by atoms with Gasteiger partial charge in [-0.15, -0.1) is 0 Å². The average molecular weight is 336 g/mol. The van der Waals surface area contributed by atoms with Crippen LogP contribution in [0.4, 0.5) is 0 Å². The first-order valence-electron chi connectivity index (χ1n) is 7.00. The first kappa shape index (κ1) is 15.2. The largest absolute Gasteiger partial charge is 0.378 e. The predicted octanol–water partition coefficient (Wildman–Crippen LogP) is 3.97. The highest BCUT2D eigenvalue weighted by atomic mass is 79.9. The molecule has 1 heterocycles. The second-order valence-electron chi connectivity index (χ2n) is 5.11. The highest BCUT2D eigenvalue weighted by Gasteiger charge is 2.22. The number of Topliss-reactive ketones (excluding diaryl/α,β-unsaturated/α-hetero) is 1. The highest BCUT2D eigenvalue weighted by molar-refractivity contribution is 9.10. The number of carbonyl (C=O) groups is 1. The van der Waals surface area contributed by atoms with Gasteiger partial charge in [-0.05, 0) is 43.4 Å². The van der Waals surface area contributed by atoms with Crippen LogP contribution in [0.1, 0.15) is 43.6 Å². The van der Waals surface area contributed by atoms with Gasteiger partial charge in [0.15, 0.2) is 5.78 Å². The molecular weight excluding hydrogens is 318 g/mol. The maximum atomic E-state index is 12.2. The van der Waals surface area contributed by atoms with E-state index < -0.39 is 5.92 Å². The average Bonchev–Trinajstić information content (AvgIpc) is 2.49. The molecule has 2 rings (SSSR count). The number of rotatable bonds is 5. The molecule has 0 aromatic heterocycles. The Morgan fingerprint density at radius 1 is 1.40 bits per heavy atom. The highest BCUT2D eigenvalue weighted by Crippen LogP contribution is 2.23. The van der Waals surface area contributed by atoms with Crippen LogP contribution in [0.5, 0.6) is 0 Å². The number of carbonyl (C=O) groups excluding carboxylic acids is 1. The van der Waals surface area contributed by atoms with Crippen LogP contribution < -0.4 is 0 Å². The van der Waals surface area contributed by atoms with Crippen molar-refractivity contribution in [3.05, 3.63) is 34.3 Å². The molecule has 1 aromatic rings. The van der Waals surface area contributed by atoms with Crippen molar-refractivity contribution in [1.82, 2.24) is 0 Å². The monoisotopic (exact) mass is 335 g/mol. The van der Waals surface area contributed by atoms with E-state index in [9.17, 15) is 10.1 Å². The van der Waals surface area contributed by atoms with Crippen LogP contribution in [0.15, 0.2) is 28.7 Å². The molecular formula is C16H18BrNO2. The van der Waals surface area contributed by atoms with E-state index in [4.69, 9.17) is 4.74 Å². The van der Waals surface area contributed by atoms with Crippen molar-refractivity contribution in [2.75, 3.05) is 6.61 Å². The summed E-state index contributed by atoms with van der Waals surface area (Å²) in [5.74, 6) is -0.671. The lowest BCUT2D eigenvalue weighted by Crippen LogP contribution is -2.21. The van der Waals surface area contributed by atoms with E-state index in [0.29, 0.717) is 6.42 Å². The van der Waals surface area contributed by atoms with E-state index in [0.717, 1.165) is 35.9 Å². The molecule has 0 radical (unpaired) electrons. The van der Waals surface area contributed by atoms with E-state index in [2.05, 4.69) is 22.0 Å². The summed E-state index contributed by atoms with van der Waals surface area (Å²) >= 11 is 3.35. The summed E-state index contributed by atoms with van der Waals surface area (Å²) in [6.07, 6.45) is 4.66. The maximum Gasteiger partial charge on any atom is 0.154 e. The Bertz CT molecular complexity index is 486. The van der Waals surface area contributed by atoms with Crippen molar-refractivity contribution in [2.24, 2.45) is 0 Å². The van der Waals surface area contributed by atoms with Crippen LogP contribution >= 0.6 is 15.9 Å². The van der Waals surface area contributed by atoms with Crippen molar-refractivity contribution >= 4 is 21.7 Å². The van der Waals surface area contributed by atoms with Gasteiger partial charge in [-0.1, -0.05) is 28.1 Å². The molecule has 0 aliphatic carbocycles. The molecule has 1 aliphatic rings. The molecule has 0 N–H and O–H groups in total. The topological polar surface area (TPSA) is 50.1 Å². The quantitative estimate of drug-likeness (QED) is 0.817. The van der Waals surface area contributed by atoms with Crippen LogP contribution in [0.2, 0.25) is 0 Å². The number of nitrogens with zero attached hydrogens (tertiary/aromatic N) is 1. The summed E-state index contributed by atoms with van der Waals surface area (Å²) in [5.41, 5.74) is 0.769. The van der Waals surface area contributed by atoms with Gasteiger partial charge < -0.3 is 4.74 Å². The fourth-order valence-corrected chi connectivity index (χ4v) is 2.73. The lowest BCUT2D eigenvalue weighted by Gasteiger charge is -2.22. The van der Waals surface area contributed by atoms with Crippen molar-refractivity contribution in [3.63, 3.8) is 0 Å². The number of halogens is 1. The molecule has 1 aromatic carbocycles. The standard InChI is InChI=1S/C16H18BrNO2/c17-13-6-4-12(5-7-13)15(11-18)16(19)9-8-14-3-1-2-10-20-14/h4-7,14-15H,1-3,8-10H2. The van der Waals surface area contributed by atoms with Crippen molar-refractivity contribution in [1.29, 1.82) is 5.26 Å². The third-order valence-electron chi connectivity index (χ3n) is 3.64. The molecule has 3 nitrogen and oxygen atoms in total. The van der Waals surface area contributed by atoms with Gasteiger partial charge in [0, 0.05) is 17.5 Å². The first-order valence-corrected chi connectivity index (χ1v) is 7.79. The van der Waals surface area contributed by atoms with Crippen LogP contribution in [-0.2, 0) is 9.53 Å². The Balaban J connectivity index is 1.92. The maximum absolute atomic E-state index is 12.2. The van der Waals surface area contributed by atoms with Gasteiger partial charge in [0.05, 0.1) is 12.2 Å². The molecule has 0 amide bonds. The summed E-state index contributed by atoms with van der Waals surface area (Å²) in [7, 11) is 0. The number of nitriles is 1. The van der Waals surface area contributed by atoms with Crippen molar-refractivity contribution < 1.29 is 9.53 Å². The molecule has 2 atom stereocenters. The second-order valence-corrected chi connectivity index (χ2v) is 6.02. The molecule has 0 saturated carbocycles. The summed E-state index contributed by atoms with van der Waals surface area (Å²) in [6, 6.07) is 9.49. The van der Waals surface area contributed by atoms with E-state index in [1.54, 1.807) is 0 Å². The molecule has 1 saturated heterocycles. The molecule has 106 valence electrons. The second kappa shape index (κ2) is 7.56. The smallest absolute Gasteiger partial charge is 0.154 e. The van der Waals surface area contributed by atoms with E-state index in [-0.39, 0.29) is 11.9 Å². The Hall–Kier alpha value is -1.18. The minimum Gasteiger partial charge on any atom is -0.378 e. The minimum atomic E-state index is -0.660. The van der Waals surface area contributed by atoms with Gasteiger partial charge in [-0.25, -0.2) is 0 Å². The van der Waals surface area contributed by atoms with Gasteiger partial charge in [0.2, 0.25) is 0 Å². The number of hydrogen-bond donors (Lipinski definition) is 0. The predicted molar refractivity (Wildman–Crippen MR) is 80.3 cm³/mol. The fraction of sp³-hybridized carbons (Fsp3) is 0.500. The molecule has 0 spiro atoms. The minimum absolute atomic E-state index is 0.0102. The third-order valence-corrected chi connectivity index (χ3v) is 4.17. The molecule has 2 unspecified atom stereocenters.